The fourth-order valence-electron chi connectivity index (χ4n) is 5.47. The van der Waals surface area contributed by atoms with Crippen LogP contribution < -0.4 is 9.64 Å². The van der Waals surface area contributed by atoms with Gasteiger partial charge in [-0.25, -0.2) is 4.90 Å². The zero-order valence-electron chi connectivity index (χ0n) is 18.4. The Bertz CT molecular complexity index is 1400. The van der Waals surface area contributed by atoms with Crippen LogP contribution in [0, 0.1) is 11.8 Å². The average molecular weight is 532 g/mol. The summed E-state index contributed by atoms with van der Waals surface area (Å²) in [5.41, 5.74) is -0.772. The first-order valence-electron chi connectivity index (χ1n) is 11.0. The van der Waals surface area contributed by atoms with Gasteiger partial charge in [0.2, 0.25) is 29.0 Å². The number of halogens is 1. The summed E-state index contributed by atoms with van der Waals surface area (Å²) in [5.74, 6) is -4.19. The first-order valence-corrected chi connectivity index (χ1v) is 11.8. The number of Topliss-reactive ketones (excluding diaryl/α,β-unsaturated/α-hetero) is 2. The number of rotatable bonds is 3. The number of amides is 2. The van der Waals surface area contributed by atoms with E-state index in [1.165, 1.54) is 7.11 Å². The molecule has 7 nitrogen and oxygen atoms in total. The van der Waals surface area contributed by atoms with Crippen molar-refractivity contribution in [2.45, 2.75) is 11.7 Å². The fourth-order valence-corrected chi connectivity index (χ4v) is 5.74. The minimum atomic E-state index is -2.09. The number of hydrogen-bond donors (Lipinski definition) is 0. The number of benzene rings is 3. The van der Waals surface area contributed by atoms with Gasteiger partial charge in [0.25, 0.3) is 0 Å². The molecule has 3 aromatic carbocycles. The molecule has 0 radical (unpaired) electrons. The predicted molar refractivity (Wildman–Crippen MR) is 128 cm³/mol. The maximum absolute atomic E-state index is 13.9. The van der Waals surface area contributed by atoms with Crippen molar-refractivity contribution >= 4 is 45.0 Å². The zero-order valence-corrected chi connectivity index (χ0v) is 20.0. The van der Waals surface area contributed by atoms with Gasteiger partial charge in [0.05, 0.1) is 30.7 Å². The number of carbonyl (C=O) groups is 4. The lowest BCUT2D eigenvalue weighted by molar-refractivity contribution is -0.127. The third kappa shape index (κ3) is 2.87. The Morgan fingerprint density at radius 2 is 1.51 bits per heavy atom. The number of ether oxygens (including phenoxy) is 2. The summed E-state index contributed by atoms with van der Waals surface area (Å²) in [6.07, 6.45) is -0.956. The number of ketones is 2. The van der Waals surface area contributed by atoms with E-state index in [4.69, 9.17) is 9.47 Å². The molecule has 3 aliphatic rings. The van der Waals surface area contributed by atoms with Gasteiger partial charge in [0.1, 0.15) is 5.75 Å². The third-order valence-electron chi connectivity index (χ3n) is 7.03. The molecule has 2 aliphatic heterocycles. The van der Waals surface area contributed by atoms with Crippen LogP contribution in [0.4, 0.5) is 5.69 Å². The second kappa shape index (κ2) is 7.69. The molecule has 3 aromatic rings. The largest absolute Gasteiger partial charge is 0.497 e. The molecule has 8 heteroatoms. The van der Waals surface area contributed by atoms with Gasteiger partial charge >= 0.3 is 0 Å². The van der Waals surface area contributed by atoms with Crippen LogP contribution in [0.25, 0.3) is 0 Å². The molecule has 174 valence electrons. The number of hydrogen-bond acceptors (Lipinski definition) is 6. The van der Waals surface area contributed by atoms with Crippen molar-refractivity contribution in [3.63, 3.8) is 0 Å². The average Bonchev–Trinajstić information content (AvgIpc) is 3.44. The van der Waals surface area contributed by atoms with E-state index in [-0.39, 0.29) is 11.1 Å². The molecular formula is C27H18BrNO6. The Morgan fingerprint density at radius 1 is 0.857 bits per heavy atom. The van der Waals surface area contributed by atoms with Crippen molar-refractivity contribution in [2.24, 2.45) is 11.8 Å². The maximum Gasteiger partial charge on any atom is 0.241 e. The van der Waals surface area contributed by atoms with Crippen molar-refractivity contribution in [1.82, 2.24) is 0 Å². The van der Waals surface area contributed by atoms with E-state index in [0.29, 0.717) is 17.0 Å². The molecular weight excluding hydrogens is 514 g/mol. The standard InChI is InChI=1S/C27H18BrNO6/c1-34-17-6-4-5-16(13-17)29-25(32)20-21(26(29)33)27(35-22(20)14-9-11-15(28)12-10-14)23(30)18-7-2-3-8-19(18)24(27)31/h2-13,20-22H,1H3/t20-,21+,22-/m1/s1. The predicted octanol–water partition coefficient (Wildman–Crippen LogP) is 4.15. The summed E-state index contributed by atoms with van der Waals surface area (Å²) in [6, 6.07) is 20.1. The first kappa shape index (κ1) is 21.9. The van der Waals surface area contributed by atoms with Gasteiger partial charge in [-0.15, -0.1) is 0 Å². The van der Waals surface area contributed by atoms with Gasteiger partial charge in [-0.3, -0.25) is 19.2 Å². The molecule has 6 rings (SSSR count). The molecule has 1 spiro atoms. The highest BCUT2D eigenvalue weighted by molar-refractivity contribution is 9.10. The maximum atomic E-state index is 13.9. The Hall–Kier alpha value is -3.62. The lowest BCUT2D eigenvalue weighted by Crippen LogP contribution is -2.51. The van der Waals surface area contributed by atoms with Gasteiger partial charge in [-0.2, -0.15) is 0 Å². The van der Waals surface area contributed by atoms with Crippen LogP contribution in [0.1, 0.15) is 32.4 Å². The monoisotopic (exact) mass is 531 g/mol. The fraction of sp³-hybridized carbons (Fsp3) is 0.185. The van der Waals surface area contributed by atoms with Crippen LogP contribution >= 0.6 is 15.9 Å². The van der Waals surface area contributed by atoms with E-state index in [9.17, 15) is 19.2 Å². The quantitative estimate of drug-likeness (QED) is 0.372. The third-order valence-corrected chi connectivity index (χ3v) is 7.56. The van der Waals surface area contributed by atoms with E-state index in [1.54, 1.807) is 72.8 Å². The van der Waals surface area contributed by atoms with Crippen LogP contribution in [0.5, 0.6) is 5.75 Å². The highest BCUT2D eigenvalue weighted by Crippen LogP contribution is 2.57. The highest BCUT2D eigenvalue weighted by Gasteiger charge is 2.74. The summed E-state index contributed by atoms with van der Waals surface area (Å²) in [4.78, 5) is 56.3. The SMILES string of the molecule is COc1cccc(N2C(=O)[C@H]3[C@@H](c4ccc(Br)cc4)OC4(C(=O)c5ccccc5C4=O)[C@@H]3C2=O)c1. The molecule has 0 N–H and O–H groups in total. The number of nitrogens with zero attached hydrogens (tertiary/aromatic N) is 1. The molecule has 2 fully saturated rings. The van der Waals surface area contributed by atoms with Gasteiger partial charge in [0, 0.05) is 21.7 Å². The smallest absolute Gasteiger partial charge is 0.241 e. The summed E-state index contributed by atoms with van der Waals surface area (Å²) in [5, 5.41) is 0. The van der Waals surface area contributed by atoms with E-state index in [0.717, 1.165) is 9.37 Å². The second-order valence-corrected chi connectivity index (χ2v) is 9.66. The second-order valence-electron chi connectivity index (χ2n) is 8.75. The molecule has 35 heavy (non-hydrogen) atoms. The van der Waals surface area contributed by atoms with E-state index in [1.807, 2.05) is 0 Å². The number of fused-ring (bicyclic) bond motifs is 3. The number of methoxy groups -OCH3 is 1. The van der Waals surface area contributed by atoms with Gasteiger partial charge < -0.3 is 9.47 Å². The molecule has 2 heterocycles. The van der Waals surface area contributed by atoms with Crippen LogP contribution in [-0.2, 0) is 14.3 Å². The first-order chi connectivity index (χ1) is 16.9. The molecule has 0 saturated carbocycles. The Morgan fingerprint density at radius 3 is 2.14 bits per heavy atom. The molecule has 1 aliphatic carbocycles. The zero-order chi connectivity index (χ0) is 24.5. The Labute approximate surface area is 208 Å². The lowest BCUT2D eigenvalue weighted by Gasteiger charge is -2.27. The highest BCUT2D eigenvalue weighted by atomic mass is 79.9. The number of anilines is 1. The van der Waals surface area contributed by atoms with Gasteiger partial charge in [-0.1, -0.05) is 58.4 Å². The lowest BCUT2D eigenvalue weighted by atomic mass is 9.77. The molecule has 2 saturated heterocycles. The normalized spacial score (nSPS) is 24.3. The number of imide groups is 1. The van der Waals surface area contributed by atoms with Crippen molar-refractivity contribution in [2.75, 3.05) is 12.0 Å². The molecule has 0 aromatic heterocycles. The minimum Gasteiger partial charge on any atom is -0.497 e. The van der Waals surface area contributed by atoms with Gasteiger partial charge in [-0.05, 0) is 29.8 Å². The summed E-state index contributed by atoms with van der Waals surface area (Å²) in [6.45, 7) is 0. The summed E-state index contributed by atoms with van der Waals surface area (Å²) >= 11 is 3.39. The molecule has 0 unspecified atom stereocenters. The van der Waals surface area contributed by atoms with E-state index < -0.39 is 46.9 Å². The van der Waals surface area contributed by atoms with Crippen LogP contribution in [0.15, 0.2) is 77.3 Å². The van der Waals surface area contributed by atoms with E-state index >= 15 is 0 Å². The van der Waals surface area contributed by atoms with Crippen molar-refractivity contribution in [3.05, 3.63) is 94.0 Å². The minimum absolute atomic E-state index is 0.202. The summed E-state index contributed by atoms with van der Waals surface area (Å²) < 4.78 is 12.4. The van der Waals surface area contributed by atoms with Crippen LogP contribution in [-0.4, -0.2) is 36.1 Å². The molecule has 2 amide bonds. The van der Waals surface area contributed by atoms with Crippen molar-refractivity contribution < 1.29 is 28.7 Å². The summed E-state index contributed by atoms with van der Waals surface area (Å²) in [7, 11) is 1.49. The van der Waals surface area contributed by atoms with Crippen molar-refractivity contribution in [1.29, 1.82) is 0 Å². The Balaban J connectivity index is 1.54. The number of carbonyl (C=O) groups excluding carboxylic acids is 4. The van der Waals surface area contributed by atoms with Gasteiger partial charge in [0.15, 0.2) is 0 Å². The molecule has 3 atom stereocenters. The molecule has 0 bridgehead atoms. The van der Waals surface area contributed by atoms with Crippen molar-refractivity contribution in [3.8, 4) is 5.75 Å². The van der Waals surface area contributed by atoms with E-state index in [2.05, 4.69) is 15.9 Å². The van der Waals surface area contributed by atoms with Crippen LogP contribution in [0.3, 0.4) is 0 Å². The topological polar surface area (TPSA) is 90.0 Å². The Kier molecular flexibility index (Phi) is 4.81. The van der Waals surface area contributed by atoms with Crippen LogP contribution in [0.2, 0.25) is 0 Å².